The second-order valence-corrected chi connectivity index (χ2v) is 3.70. The Morgan fingerprint density at radius 1 is 1.47 bits per heavy atom. The number of hydrogen-bond acceptors (Lipinski definition) is 3. The Bertz CT molecular complexity index is 294. The molecule has 15 heavy (non-hydrogen) atoms. The van der Waals surface area contributed by atoms with Crippen molar-refractivity contribution in [2.45, 2.75) is 20.0 Å². The zero-order valence-corrected chi connectivity index (χ0v) is 8.90. The van der Waals surface area contributed by atoms with Crippen LogP contribution in [-0.4, -0.2) is 47.7 Å². The minimum atomic E-state index is -1.02. The summed E-state index contributed by atoms with van der Waals surface area (Å²) in [5.41, 5.74) is 0.901. The number of hydrogen-bond donors (Lipinski definition) is 1. The topological polar surface area (TPSA) is 66.8 Å². The highest BCUT2D eigenvalue weighted by molar-refractivity contribution is 5.88. The number of morpholine rings is 1. The number of aliphatic carboxylic acids is 1. The van der Waals surface area contributed by atoms with Crippen LogP contribution in [0.1, 0.15) is 13.8 Å². The Morgan fingerprint density at radius 2 is 2.13 bits per heavy atom. The van der Waals surface area contributed by atoms with Gasteiger partial charge in [0, 0.05) is 12.6 Å². The lowest BCUT2D eigenvalue weighted by Crippen LogP contribution is -2.48. The van der Waals surface area contributed by atoms with Crippen LogP contribution in [0.25, 0.3) is 0 Å². The smallest absolute Gasteiger partial charge is 0.334 e. The first-order valence-corrected chi connectivity index (χ1v) is 4.79. The molecule has 5 heteroatoms. The molecule has 1 atom stereocenters. The molecule has 0 saturated carbocycles. The zero-order valence-electron chi connectivity index (χ0n) is 8.90. The van der Waals surface area contributed by atoms with Gasteiger partial charge in [0.2, 0.25) is 5.91 Å². The summed E-state index contributed by atoms with van der Waals surface area (Å²) in [4.78, 5) is 23.7. The van der Waals surface area contributed by atoms with Crippen LogP contribution < -0.4 is 0 Å². The molecule has 1 saturated heterocycles. The van der Waals surface area contributed by atoms with Crippen LogP contribution in [0.15, 0.2) is 11.6 Å². The van der Waals surface area contributed by atoms with Crippen molar-refractivity contribution in [3.8, 4) is 0 Å². The van der Waals surface area contributed by atoms with Gasteiger partial charge in [-0.3, -0.25) is 4.79 Å². The summed E-state index contributed by atoms with van der Waals surface area (Å²) >= 11 is 0. The van der Waals surface area contributed by atoms with E-state index in [1.807, 2.05) is 13.8 Å². The van der Waals surface area contributed by atoms with Crippen molar-refractivity contribution in [2.24, 2.45) is 0 Å². The number of carbonyl (C=O) groups is 2. The van der Waals surface area contributed by atoms with Crippen LogP contribution in [0.3, 0.4) is 0 Å². The van der Waals surface area contributed by atoms with Gasteiger partial charge in [-0.2, -0.15) is 0 Å². The Labute approximate surface area is 88.3 Å². The van der Waals surface area contributed by atoms with Crippen molar-refractivity contribution >= 4 is 11.9 Å². The summed E-state index contributed by atoms with van der Waals surface area (Å²) in [7, 11) is 0. The maximum atomic E-state index is 11.6. The summed E-state index contributed by atoms with van der Waals surface area (Å²) in [6.45, 7) is 4.50. The molecular formula is C10H15NO4. The fourth-order valence-electron chi connectivity index (χ4n) is 1.34. The predicted molar refractivity (Wildman–Crippen MR) is 53.4 cm³/mol. The fourth-order valence-corrected chi connectivity index (χ4v) is 1.34. The van der Waals surface area contributed by atoms with Gasteiger partial charge >= 0.3 is 5.97 Å². The number of carboxylic acids is 1. The van der Waals surface area contributed by atoms with E-state index in [9.17, 15) is 9.59 Å². The summed E-state index contributed by atoms with van der Waals surface area (Å²) < 4.78 is 5.01. The van der Waals surface area contributed by atoms with Crippen molar-refractivity contribution in [2.75, 3.05) is 19.7 Å². The van der Waals surface area contributed by atoms with E-state index in [2.05, 4.69) is 0 Å². The number of allylic oxidation sites excluding steroid dienone is 1. The third-order valence-corrected chi connectivity index (χ3v) is 2.07. The van der Waals surface area contributed by atoms with Gasteiger partial charge < -0.3 is 14.7 Å². The van der Waals surface area contributed by atoms with E-state index in [0.29, 0.717) is 6.54 Å². The summed E-state index contributed by atoms with van der Waals surface area (Å²) in [6.07, 6.45) is 0.609. The zero-order chi connectivity index (χ0) is 11.4. The van der Waals surface area contributed by atoms with Gasteiger partial charge in [-0.1, -0.05) is 5.57 Å². The van der Waals surface area contributed by atoms with Crippen molar-refractivity contribution in [1.29, 1.82) is 0 Å². The highest BCUT2D eigenvalue weighted by Gasteiger charge is 2.27. The van der Waals surface area contributed by atoms with E-state index >= 15 is 0 Å². The van der Waals surface area contributed by atoms with Gasteiger partial charge in [0.15, 0.2) is 6.10 Å². The van der Waals surface area contributed by atoms with Crippen molar-refractivity contribution in [1.82, 2.24) is 4.90 Å². The molecule has 1 heterocycles. The van der Waals surface area contributed by atoms with E-state index in [0.717, 1.165) is 5.57 Å². The SMILES string of the molecule is CC(C)=CC(=O)N1CCOC(C(=O)O)C1. The second kappa shape index (κ2) is 4.93. The van der Waals surface area contributed by atoms with Gasteiger partial charge in [0.25, 0.3) is 0 Å². The molecule has 1 amide bonds. The highest BCUT2D eigenvalue weighted by Crippen LogP contribution is 2.07. The van der Waals surface area contributed by atoms with E-state index in [-0.39, 0.29) is 19.1 Å². The maximum absolute atomic E-state index is 11.6. The molecule has 0 bridgehead atoms. The number of ether oxygens (including phenoxy) is 1. The number of carboxylic acid groups (broad SMARTS) is 1. The van der Waals surface area contributed by atoms with E-state index in [1.165, 1.54) is 11.0 Å². The minimum absolute atomic E-state index is 0.123. The summed E-state index contributed by atoms with van der Waals surface area (Å²) in [6, 6.07) is 0. The molecule has 1 unspecified atom stereocenters. The monoisotopic (exact) mass is 213 g/mol. The van der Waals surface area contributed by atoms with Crippen LogP contribution in [0.4, 0.5) is 0 Å². The molecule has 0 aromatic heterocycles. The molecule has 1 aliphatic heterocycles. The third kappa shape index (κ3) is 3.36. The molecule has 1 aliphatic rings. The average Bonchev–Trinajstić information content (AvgIpc) is 2.17. The van der Waals surface area contributed by atoms with Crippen molar-refractivity contribution in [3.63, 3.8) is 0 Å². The average molecular weight is 213 g/mol. The molecule has 1 N–H and O–H groups in total. The first-order chi connectivity index (χ1) is 7.00. The largest absolute Gasteiger partial charge is 0.479 e. The molecule has 0 spiro atoms. The number of nitrogens with zero attached hydrogens (tertiary/aromatic N) is 1. The lowest BCUT2D eigenvalue weighted by Gasteiger charge is -2.30. The maximum Gasteiger partial charge on any atom is 0.334 e. The number of carbonyl (C=O) groups excluding carboxylic acids is 1. The van der Waals surface area contributed by atoms with Gasteiger partial charge in [-0.25, -0.2) is 4.79 Å². The second-order valence-electron chi connectivity index (χ2n) is 3.70. The molecule has 5 nitrogen and oxygen atoms in total. The first kappa shape index (κ1) is 11.7. The molecule has 0 aromatic rings. The fraction of sp³-hybridized carbons (Fsp3) is 0.600. The Morgan fingerprint density at radius 3 is 2.67 bits per heavy atom. The Kier molecular flexibility index (Phi) is 3.85. The highest BCUT2D eigenvalue weighted by atomic mass is 16.5. The van der Waals surface area contributed by atoms with Crippen LogP contribution in [0, 0.1) is 0 Å². The number of rotatable bonds is 2. The lowest BCUT2D eigenvalue weighted by atomic mass is 10.2. The van der Waals surface area contributed by atoms with E-state index in [1.54, 1.807) is 0 Å². The van der Waals surface area contributed by atoms with Crippen LogP contribution in [0.5, 0.6) is 0 Å². The minimum Gasteiger partial charge on any atom is -0.479 e. The molecular weight excluding hydrogens is 198 g/mol. The molecule has 0 radical (unpaired) electrons. The van der Waals surface area contributed by atoms with Gasteiger partial charge in [0.05, 0.1) is 13.2 Å². The lowest BCUT2D eigenvalue weighted by molar-refractivity contribution is -0.158. The summed E-state index contributed by atoms with van der Waals surface area (Å²) in [5, 5.41) is 8.74. The summed E-state index contributed by atoms with van der Waals surface area (Å²) in [5.74, 6) is -1.17. The van der Waals surface area contributed by atoms with Crippen molar-refractivity contribution < 1.29 is 19.4 Å². The van der Waals surface area contributed by atoms with Gasteiger partial charge in [-0.15, -0.1) is 0 Å². The molecule has 1 fully saturated rings. The quantitative estimate of drug-likeness (QED) is 0.668. The van der Waals surface area contributed by atoms with E-state index < -0.39 is 12.1 Å². The Hall–Kier alpha value is -1.36. The number of amides is 1. The van der Waals surface area contributed by atoms with Gasteiger partial charge in [-0.05, 0) is 13.8 Å². The molecule has 1 rings (SSSR count). The standard InChI is InChI=1S/C10H15NO4/c1-7(2)5-9(12)11-3-4-15-8(6-11)10(13)14/h5,8H,3-4,6H2,1-2H3,(H,13,14). The van der Waals surface area contributed by atoms with Gasteiger partial charge in [0.1, 0.15) is 0 Å². The predicted octanol–water partition coefficient (Wildman–Crippen LogP) is 0.265. The van der Waals surface area contributed by atoms with Crippen LogP contribution in [-0.2, 0) is 14.3 Å². The van der Waals surface area contributed by atoms with E-state index in [4.69, 9.17) is 9.84 Å². The third-order valence-electron chi connectivity index (χ3n) is 2.07. The van der Waals surface area contributed by atoms with Crippen molar-refractivity contribution in [3.05, 3.63) is 11.6 Å². The Balaban J connectivity index is 2.60. The normalized spacial score (nSPS) is 20.9. The van der Waals surface area contributed by atoms with Crippen LogP contribution >= 0.6 is 0 Å². The molecule has 84 valence electrons. The first-order valence-electron chi connectivity index (χ1n) is 4.79. The molecule has 0 aromatic carbocycles. The molecule has 0 aliphatic carbocycles. The van der Waals surface area contributed by atoms with Crippen LogP contribution in [0.2, 0.25) is 0 Å².